The van der Waals surface area contributed by atoms with Gasteiger partial charge in [-0.2, -0.15) is 0 Å². The zero-order chi connectivity index (χ0) is 11.3. The van der Waals surface area contributed by atoms with Gasteiger partial charge in [-0.15, -0.1) is 0 Å². The minimum absolute atomic E-state index is 0.119. The number of benzene rings is 1. The number of halogens is 1. The molecule has 0 saturated heterocycles. The van der Waals surface area contributed by atoms with E-state index in [2.05, 4.69) is 0 Å². The van der Waals surface area contributed by atoms with Crippen LogP contribution in [0.25, 0.3) is 0 Å². The molecule has 2 nitrogen and oxygen atoms in total. The summed E-state index contributed by atoms with van der Waals surface area (Å²) in [7, 11) is 1.64. The van der Waals surface area contributed by atoms with E-state index in [4.69, 9.17) is 4.74 Å². The Kier molecular flexibility index (Phi) is 4.72. The van der Waals surface area contributed by atoms with Gasteiger partial charge >= 0.3 is 0 Å². The number of hydrogen-bond acceptors (Lipinski definition) is 2. The molecule has 0 radical (unpaired) electrons. The maximum atomic E-state index is 12.9. The first-order valence-corrected chi connectivity index (χ1v) is 5.10. The molecule has 0 aromatic heterocycles. The fourth-order valence-corrected chi connectivity index (χ4v) is 1.39. The summed E-state index contributed by atoms with van der Waals surface area (Å²) in [5.41, 5.74) is 0.623. The van der Waals surface area contributed by atoms with Crippen molar-refractivity contribution in [2.24, 2.45) is 0 Å². The second kappa shape index (κ2) is 5.83. The second-order valence-corrected chi connectivity index (χ2v) is 3.69. The van der Waals surface area contributed by atoms with E-state index in [9.17, 15) is 9.50 Å². The maximum absolute atomic E-state index is 12.9. The Morgan fingerprint density at radius 3 is 2.73 bits per heavy atom. The fraction of sp³-hybridized carbons (Fsp3) is 0.500. The predicted octanol–water partition coefficient (Wildman–Crippen LogP) is 2.67. The van der Waals surface area contributed by atoms with Gasteiger partial charge in [-0.3, -0.25) is 0 Å². The molecule has 1 N–H and O–H groups in total. The number of rotatable bonds is 5. The van der Waals surface area contributed by atoms with Gasteiger partial charge in [-0.05, 0) is 37.5 Å². The lowest BCUT2D eigenvalue weighted by molar-refractivity contribution is 0.0850. The molecule has 2 atom stereocenters. The summed E-state index contributed by atoms with van der Waals surface area (Å²) in [4.78, 5) is 0. The largest absolute Gasteiger partial charge is 0.388 e. The van der Waals surface area contributed by atoms with Gasteiger partial charge in [-0.1, -0.05) is 12.1 Å². The second-order valence-electron chi connectivity index (χ2n) is 3.69. The van der Waals surface area contributed by atoms with Crippen LogP contribution >= 0.6 is 0 Å². The number of ether oxygens (including phenoxy) is 1. The number of hydrogen-bond donors (Lipinski definition) is 1. The summed E-state index contributed by atoms with van der Waals surface area (Å²) in [6.45, 7) is 1.94. The van der Waals surface area contributed by atoms with E-state index in [-0.39, 0.29) is 11.9 Å². The Balaban J connectivity index is 2.50. The molecule has 3 heteroatoms. The van der Waals surface area contributed by atoms with E-state index >= 15 is 0 Å². The highest BCUT2D eigenvalue weighted by atomic mass is 19.1. The Labute approximate surface area is 89.7 Å². The average Bonchev–Trinajstić information content (AvgIpc) is 2.25. The van der Waals surface area contributed by atoms with Crippen molar-refractivity contribution in [1.29, 1.82) is 0 Å². The van der Waals surface area contributed by atoms with E-state index in [1.54, 1.807) is 19.2 Å². The molecule has 0 heterocycles. The molecule has 84 valence electrons. The van der Waals surface area contributed by atoms with Gasteiger partial charge in [0.1, 0.15) is 5.82 Å². The van der Waals surface area contributed by atoms with Gasteiger partial charge in [0.15, 0.2) is 0 Å². The van der Waals surface area contributed by atoms with Crippen molar-refractivity contribution in [3.8, 4) is 0 Å². The molecule has 1 aromatic rings. The molecule has 1 rings (SSSR count). The Bertz CT molecular complexity index is 301. The zero-order valence-electron chi connectivity index (χ0n) is 9.11. The summed E-state index contributed by atoms with van der Waals surface area (Å²) in [6, 6.07) is 6.06. The van der Waals surface area contributed by atoms with Crippen molar-refractivity contribution in [2.75, 3.05) is 7.11 Å². The molecule has 0 aliphatic carbocycles. The third kappa shape index (κ3) is 3.98. The molecular formula is C12H17FO2. The molecule has 0 amide bonds. The topological polar surface area (TPSA) is 29.5 Å². The van der Waals surface area contributed by atoms with Crippen LogP contribution in [0.2, 0.25) is 0 Å². The predicted molar refractivity (Wildman–Crippen MR) is 57.1 cm³/mol. The summed E-state index contributed by atoms with van der Waals surface area (Å²) in [5, 5.41) is 9.77. The molecule has 0 aliphatic heterocycles. The lowest BCUT2D eigenvalue weighted by atomic mass is 10.0. The van der Waals surface area contributed by atoms with Crippen molar-refractivity contribution in [3.63, 3.8) is 0 Å². The van der Waals surface area contributed by atoms with Crippen molar-refractivity contribution >= 4 is 0 Å². The molecule has 15 heavy (non-hydrogen) atoms. The number of aliphatic hydroxyl groups is 1. The first-order valence-electron chi connectivity index (χ1n) is 5.10. The van der Waals surface area contributed by atoms with Gasteiger partial charge in [0.2, 0.25) is 0 Å². The highest BCUT2D eigenvalue weighted by Gasteiger charge is 2.10. The Morgan fingerprint density at radius 2 is 2.13 bits per heavy atom. The monoisotopic (exact) mass is 212 g/mol. The zero-order valence-corrected chi connectivity index (χ0v) is 9.11. The third-order valence-electron chi connectivity index (χ3n) is 2.48. The van der Waals surface area contributed by atoms with Crippen molar-refractivity contribution in [3.05, 3.63) is 35.6 Å². The summed E-state index contributed by atoms with van der Waals surface area (Å²) < 4.78 is 17.9. The van der Waals surface area contributed by atoms with E-state index in [1.807, 2.05) is 6.92 Å². The molecule has 0 aliphatic rings. The van der Waals surface area contributed by atoms with Crippen molar-refractivity contribution in [1.82, 2.24) is 0 Å². The van der Waals surface area contributed by atoms with Crippen LogP contribution in [-0.2, 0) is 4.74 Å². The van der Waals surface area contributed by atoms with Crippen LogP contribution in [0, 0.1) is 5.82 Å². The third-order valence-corrected chi connectivity index (χ3v) is 2.48. The first-order chi connectivity index (χ1) is 7.13. The summed E-state index contributed by atoms with van der Waals surface area (Å²) in [6.07, 6.45) is 0.846. The quantitative estimate of drug-likeness (QED) is 0.813. The molecular weight excluding hydrogens is 195 g/mol. The van der Waals surface area contributed by atoms with Gasteiger partial charge in [0.05, 0.1) is 12.2 Å². The standard InChI is InChI=1S/C12H17FO2/c1-9(15-2)6-7-12(14)10-4-3-5-11(13)8-10/h3-5,8-9,12,14H,6-7H2,1-2H3. The summed E-state index contributed by atoms with van der Waals surface area (Å²) in [5.74, 6) is -0.314. The smallest absolute Gasteiger partial charge is 0.123 e. The highest BCUT2D eigenvalue weighted by Crippen LogP contribution is 2.20. The van der Waals surface area contributed by atoms with Crippen LogP contribution in [0.1, 0.15) is 31.4 Å². The van der Waals surface area contributed by atoms with Crippen LogP contribution in [0.5, 0.6) is 0 Å². The minimum Gasteiger partial charge on any atom is -0.388 e. The van der Waals surface area contributed by atoms with E-state index in [0.717, 1.165) is 6.42 Å². The van der Waals surface area contributed by atoms with Crippen LogP contribution in [0.3, 0.4) is 0 Å². The highest BCUT2D eigenvalue weighted by molar-refractivity contribution is 5.18. The first kappa shape index (κ1) is 12.1. The van der Waals surface area contributed by atoms with E-state index in [0.29, 0.717) is 12.0 Å². The van der Waals surface area contributed by atoms with Crippen LogP contribution in [-0.4, -0.2) is 18.3 Å². The fourth-order valence-electron chi connectivity index (χ4n) is 1.39. The summed E-state index contributed by atoms with van der Waals surface area (Å²) >= 11 is 0. The Hall–Kier alpha value is -0.930. The van der Waals surface area contributed by atoms with Gasteiger partial charge in [0.25, 0.3) is 0 Å². The number of methoxy groups -OCH3 is 1. The van der Waals surface area contributed by atoms with Crippen molar-refractivity contribution in [2.45, 2.75) is 32.0 Å². The van der Waals surface area contributed by atoms with Crippen LogP contribution in [0.4, 0.5) is 4.39 Å². The molecule has 0 bridgehead atoms. The SMILES string of the molecule is COC(C)CCC(O)c1cccc(F)c1. The lowest BCUT2D eigenvalue weighted by Crippen LogP contribution is -2.07. The van der Waals surface area contributed by atoms with Gasteiger partial charge < -0.3 is 9.84 Å². The maximum Gasteiger partial charge on any atom is 0.123 e. The molecule has 0 fully saturated rings. The lowest BCUT2D eigenvalue weighted by Gasteiger charge is -2.14. The average molecular weight is 212 g/mol. The van der Waals surface area contributed by atoms with Gasteiger partial charge in [0, 0.05) is 7.11 Å². The van der Waals surface area contributed by atoms with Crippen molar-refractivity contribution < 1.29 is 14.2 Å². The Morgan fingerprint density at radius 1 is 1.40 bits per heavy atom. The molecule has 1 aromatic carbocycles. The molecule has 0 spiro atoms. The number of aliphatic hydroxyl groups excluding tert-OH is 1. The molecule has 2 unspecified atom stereocenters. The van der Waals surface area contributed by atoms with E-state index < -0.39 is 6.10 Å². The van der Waals surface area contributed by atoms with E-state index in [1.165, 1.54) is 12.1 Å². The van der Waals surface area contributed by atoms with Crippen LogP contribution in [0.15, 0.2) is 24.3 Å². The minimum atomic E-state index is -0.613. The van der Waals surface area contributed by atoms with Crippen LogP contribution < -0.4 is 0 Å². The molecule has 0 saturated carbocycles. The van der Waals surface area contributed by atoms with Gasteiger partial charge in [-0.25, -0.2) is 4.39 Å². The normalized spacial score (nSPS) is 14.9.